The van der Waals surface area contributed by atoms with Gasteiger partial charge in [-0.1, -0.05) is 11.6 Å². The van der Waals surface area contributed by atoms with Crippen molar-refractivity contribution in [3.63, 3.8) is 0 Å². The molecule has 1 aliphatic heterocycles. The predicted octanol–water partition coefficient (Wildman–Crippen LogP) is 1.10. The van der Waals surface area contributed by atoms with Crippen molar-refractivity contribution < 1.29 is 14.5 Å². The zero-order valence-electron chi connectivity index (χ0n) is 10.6. The number of benzene rings is 1. The highest BCUT2D eigenvalue weighted by Crippen LogP contribution is 2.23. The first-order chi connectivity index (χ1) is 9.40. The van der Waals surface area contributed by atoms with Crippen LogP contribution < -0.4 is 5.32 Å². The Hall–Kier alpha value is -1.99. The van der Waals surface area contributed by atoms with Crippen molar-refractivity contribution in [2.45, 2.75) is 19.0 Å². The Kier molecular flexibility index (Phi) is 4.01. The fraction of sp³-hybridized carbons (Fsp3) is 0.333. The second-order valence-electron chi connectivity index (χ2n) is 4.46. The molecule has 1 unspecified atom stereocenters. The molecule has 1 atom stereocenters. The molecule has 1 aromatic rings. The molecule has 106 valence electrons. The molecule has 0 radical (unpaired) electrons. The van der Waals surface area contributed by atoms with Crippen LogP contribution in [-0.4, -0.2) is 34.7 Å². The third kappa shape index (κ3) is 2.78. The van der Waals surface area contributed by atoms with Crippen LogP contribution in [-0.2, 0) is 16.1 Å². The van der Waals surface area contributed by atoms with E-state index in [0.29, 0.717) is 5.56 Å². The highest BCUT2D eigenvalue weighted by atomic mass is 35.5. The minimum Gasteiger partial charge on any atom is -0.301 e. The van der Waals surface area contributed by atoms with E-state index in [1.54, 1.807) is 6.07 Å². The zero-order chi connectivity index (χ0) is 14.9. The van der Waals surface area contributed by atoms with Gasteiger partial charge >= 0.3 is 0 Å². The minimum atomic E-state index is -0.636. The summed E-state index contributed by atoms with van der Waals surface area (Å²) >= 11 is 5.72. The monoisotopic (exact) mass is 297 g/mol. The molecule has 0 aromatic heterocycles. The maximum Gasteiger partial charge on any atom is 0.275 e. The van der Waals surface area contributed by atoms with E-state index >= 15 is 0 Å². The van der Waals surface area contributed by atoms with Gasteiger partial charge in [-0.2, -0.15) is 0 Å². The number of halogens is 1. The SMILES string of the molecule is CN1C(=O)CC(NCc2ccc(Cl)cc2[N+](=O)[O-])C1=O. The molecule has 1 fully saturated rings. The number of likely N-dealkylation sites (tertiary alicyclic amines) is 1. The molecule has 1 saturated heterocycles. The minimum absolute atomic E-state index is 0.0662. The number of nitrogens with one attached hydrogen (secondary N) is 1. The molecule has 20 heavy (non-hydrogen) atoms. The molecule has 0 spiro atoms. The zero-order valence-corrected chi connectivity index (χ0v) is 11.4. The number of hydrogen-bond donors (Lipinski definition) is 1. The fourth-order valence-corrected chi connectivity index (χ4v) is 2.17. The fourth-order valence-electron chi connectivity index (χ4n) is 2.00. The Balaban J connectivity index is 2.10. The van der Waals surface area contributed by atoms with E-state index in [0.717, 1.165) is 4.90 Å². The Bertz CT molecular complexity index is 590. The van der Waals surface area contributed by atoms with Crippen LogP contribution in [0.15, 0.2) is 18.2 Å². The van der Waals surface area contributed by atoms with Crippen LogP contribution in [0.1, 0.15) is 12.0 Å². The van der Waals surface area contributed by atoms with Crippen molar-refractivity contribution in [3.8, 4) is 0 Å². The second-order valence-corrected chi connectivity index (χ2v) is 4.90. The number of carbonyl (C=O) groups excluding carboxylic acids is 2. The summed E-state index contributed by atoms with van der Waals surface area (Å²) in [7, 11) is 1.41. The summed E-state index contributed by atoms with van der Waals surface area (Å²) < 4.78 is 0. The Morgan fingerprint density at radius 1 is 1.50 bits per heavy atom. The van der Waals surface area contributed by atoms with Crippen molar-refractivity contribution in [3.05, 3.63) is 38.9 Å². The number of amides is 2. The summed E-state index contributed by atoms with van der Waals surface area (Å²) in [6.07, 6.45) is 0.0662. The largest absolute Gasteiger partial charge is 0.301 e. The van der Waals surface area contributed by atoms with Gasteiger partial charge in [0.05, 0.1) is 17.4 Å². The number of nitrogens with zero attached hydrogens (tertiary/aromatic N) is 2. The van der Waals surface area contributed by atoms with Gasteiger partial charge in [0.15, 0.2) is 0 Å². The van der Waals surface area contributed by atoms with E-state index < -0.39 is 11.0 Å². The smallest absolute Gasteiger partial charge is 0.275 e. The lowest BCUT2D eigenvalue weighted by Crippen LogP contribution is -2.36. The molecular formula is C12H12ClN3O4. The third-order valence-electron chi connectivity index (χ3n) is 3.16. The number of imide groups is 1. The molecule has 2 amide bonds. The van der Waals surface area contributed by atoms with Gasteiger partial charge in [-0.05, 0) is 12.1 Å². The molecular weight excluding hydrogens is 286 g/mol. The molecule has 2 rings (SSSR count). The maximum absolute atomic E-state index is 11.7. The average Bonchev–Trinajstić information content (AvgIpc) is 2.64. The molecule has 8 heteroatoms. The van der Waals surface area contributed by atoms with E-state index in [9.17, 15) is 19.7 Å². The Labute approximate surface area is 119 Å². The number of likely N-dealkylation sites (N-methyl/N-ethyl adjacent to an activating group) is 1. The van der Waals surface area contributed by atoms with Crippen molar-refractivity contribution in [2.75, 3.05) is 7.05 Å². The lowest BCUT2D eigenvalue weighted by atomic mass is 10.1. The number of nitro groups is 1. The van der Waals surface area contributed by atoms with Gasteiger partial charge in [-0.3, -0.25) is 24.6 Å². The first-order valence-electron chi connectivity index (χ1n) is 5.86. The molecule has 1 heterocycles. The van der Waals surface area contributed by atoms with Gasteiger partial charge < -0.3 is 5.32 Å². The standard InChI is InChI=1S/C12H12ClN3O4/c1-15-11(17)5-9(12(15)18)14-6-7-2-3-8(13)4-10(7)16(19)20/h2-4,9,14H,5-6H2,1H3. The summed E-state index contributed by atoms with van der Waals surface area (Å²) in [5.41, 5.74) is 0.296. The van der Waals surface area contributed by atoms with E-state index in [4.69, 9.17) is 11.6 Å². The summed E-state index contributed by atoms with van der Waals surface area (Å²) in [6.45, 7) is 0.116. The molecule has 7 nitrogen and oxygen atoms in total. The van der Waals surface area contributed by atoms with Crippen LogP contribution in [0.25, 0.3) is 0 Å². The van der Waals surface area contributed by atoms with Gasteiger partial charge in [-0.15, -0.1) is 0 Å². The number of rotatable bonds is 4. The summed E-state index contributed by atoms with van der Waals surface area (Å²) in [5.74, 6) is -0.593. The average molecular weight is 298 g/mol. The van der Waals surface area contributed by atoms with E-state index in [1.807, 2.05) is 0 Å². The molecule has 1 N–H and O–H groups in total. The predicted molar refractivity (Wildman–Crippen MR) is 71.1 cm³/mol. The van der Waals surface area contributed by atoms with Crippen LogP contribution in [0.3, 0.4) is 0 Å². The molecule has 0 bridgehead atoms. The van der Waals surface area contributed by atoms with Crippen LogP contribution in [0.4, 0.5) is 5.69 Å². The number of nitro benzene ring substituents is 1. The van der Waals surface area contributed by atoms with Crippen molar-refractivity contribution in [1.29, 1.82) is 0 Å². The lowest BCUT2D eigenvalue weighted by Gasteiger charge is -2.11. The number of carbonyl (C=O) groups is 2. The number of hydrogen-bond acceptors (Lipinski definition) is 5. The van der Waals surface area contributed by atoms with Gasteiger partial charge in [-0.25, -0.2) is 0 Å². The highest BCUT2D eigenvalue weighted by molar-refractivity contribution is 6.30. The van der Waals surface area contributed by atoms with E-state index in [-0.39, 0.29) is 35.5 Å². The molecule has 1 aromatic carbocycles. The summed E-state index contributed by atoms with van der Waals surface area (Å²) in [6, 6.07) is 3.69. The second kappa shape index (κ2) is 5.56. The maximum atomic E-state index is 11.7. The van der Waals surface area contributed by atoms with Gasteiger partial charge in [0.2, 0.25) is 11.8 Å². The van der Waals surface area contributed by atoms with E-state index in [2.05, 4.69) is 5.32 Å². The van der Waals surface area contributed by atoms with E-state index in [1.165, 1.54) is 19.2 Å². The van der Waals surface area contributed by atoms with Crippen LogP contribution in [0, 0.1) is 10.1 Å². The Morgan fingerprint density at radius 2 is 2.20 bits per heavy atom. The lowest BCUT2D eigenvalue weighted by molar-refractivity contribution is -0.385. The van der Waals surface area contributed by atoms with Crippen LogP contribution in [0.5, 0.6) is 0 Å². The van der Waals surface area contributed by atoms with Crippen molar-refractivity contribution in [1.82, 2.24) is 10.2 Å². The highest BCUT2D eigenvalue weighted by Gasteiger charge is 2.35. The van der Waals surface area contributed by atoms with Gasteiger partial charge in [0.1, 0.15) is 0 Å². The third-order valence-corrected chi connectivity index (χ3v) is 3.40. The van der Waals surface area contributed by atoms with Crippen molar-refractivity contribution >= 4 is 29.1 Å². The molecule has 1 aliphatic rings. The quantitative estimate of drug-likeness (QED) is 0.510. The van der Waals surface area contributed by atoms with Gasteiger partial charge in [0, 0.05) is 30.2 Å². The Morgan fingerprint density at radius 3 is 2.75 bits per heavy atom. The van der Waals surface area contributed by atoms with Gasteiger partial charge in [0.25, 0.3) is 5.69 Å². The summed E-state index contributed by atoms with van der Waals surface area (Å²) in [4.78, 5) is 34.5. The topological polar surface area (TPSA) is 92.6 Å². The van der Waals surface area contributed by atoms with Crippen LogP contribution >= 0.6 is 11.6 Å². The van der Waals surface area contributed by atoms with Crippen LogP contribution in [0.2, 0.25) is 5.02 Å². The first kappa shape index (κ1) is 14.4. The molecule has 0 aliphatic carbocycles. The first-order valence-corrected chi connectivity index (χ1v) is 6.24. The molecule has 0 saturated carbocycles. The van der Waals surface area contributed by atoms with Crippen molar-refractivity contribution in [2.24, 2.45) is 0 Å². The summed E-state index contributed by atoms with van der Waals surface area (Å²) in [5, 5.41) is 14.1. The normalized spacial score (nSPS) is 18.7.